The first kappa shape index (κ1) is 26.0. The molecule has 0 amide bonds. The molecule has 3 rings (SSSR count). The van der Waals surface area contributed by atoms with E-state index in [0.717, 1.165) is 0 Å². The highest BCUT2D eigenvalue weighted by molar-refractivity contribution is 4.92. The molecule has 0 aromatic carbocycles. The first-order valence-electron chi connectivity index (χ1n) is 9.99. The first-order chi connectivity index (χ1) is 15.0. The Balaban J connectivity index is 1.56. The van der Waals surface area contributed by atoms with Crippen LogP contribution in [0.2, 0.25) is 0 Å². The van der Waals surface area contributed by atoms with Crippen molar-refractivity contribution in [2.75, 3.05) is 19.8 Å². The van der Waals surface area contributed by atoms with E-state index >= 15 is 0 Å². The second-order valence-corrected chi connectivity index (χ2v) is 7.97. The molecule has 0 aliphatic carbocycles. The molecule has 188 valence electrons. The molecule has 0 aromatic rings. The van der Waals surface area contributed by atoms with Gasteiger partial charge in [-0.25, -0.2) is 0 Å². The monoisotopic (exact) mass is 474 g/mol. The summed E-state index contributed by atoms with van der Waals surface area (Å²) in [6.07, 6.45) is -22.0. The molecule has 14 atom stereocenters. The van der Waals surface area contributed by atoms with Crippen LogP contribution in [0.5, 0.6) is 0 Å². The average Bonchev–Trinajstić information content (AvgIpc) is 2.77. The highest BCUT2D eigenvalue weighted by Crippen LogP contribution is 2.26. The van der Waals surface area contributed by atoms with Crippen LogP contribution in [0, 0.1) is 0 Å². The Morgan fingerprint density at radius 2 is 1.03 bits per heavy atom. The van der Waals surface area contributed by atoms with Gasteiger partial charge in [0.15, 0.2) is 18.9 Å². The maximum Gasteiger partial charge on any atom is 0.186 e. The molecule has 0 saturated carbocycles. The minimum Gasteiger partial charge on any atom is -0.388 e. The summed E-state index contributed by atoms with van der Waals surface area (Å²) in [7, 11) is 0. The number of rotatable bonds is 6. The van der Waals surface area contributed by atoms with E-state index in [-0.39, 0.29) is 6.61 Å². The third-order valence-electron chi connectivity index (χ3n) is 5.66. The molecule has 10 N–H and O–H groups in total. The summed E-state index contributed by atoms with van der Waals surface area (Å²) in [5, 5.41) is 98.1. The van der Waals surface area contributed by atoms with Crippen molar-refractivity contribution in [2.45, 2.75) is 86.0 Å². The Morgan fingerprint density at radius 1 is 0.531 bits per heavy atom. The van der Waals surface area contributed by atoms with Crippen LogP contribution in [-0.4, -0.2) is 157 Å². The van der Waals surface area contributed by atoms with Crippen molar-refractivity contribution in [3.63, 3.8) is 0 Å². The van der Waals surface area contributed by atoms with Crippen LogP contribution in [-0.2, 0) is 23.7 Å². The maximum absolute atomic E-state index is 10.2. The highest BCUT2D eigenvalue weighted by Gasteiger charge is 2.47. The van der Waals surface area contributed by atoms with Crippen LogP contribution in [0.1, 0.15) is 0 Å². The maximum atomic E-state index is 10.2. The summed E-state index contributed by atoms with van der Waals surface area (Å²) in [5.74, 6) is 0. The Labute approximate surface area is 181 Å². The summed E-state index contributed by atoms with van der Waals surface area (Å²) < 4.78 is 26.0. The summed E-state index contributed by atoms with van der Waals surface area (Å²) in [5.41, 5.74) is 0. The van der Waals surface area contributed by atoms with Gasteiger partial charge in [0.25, 0.3) is 0 Å². The standard InChI is InChI=1S/C17H30O15/c18-4-1-28-16(13(25)7(4)19)29-3-6-9(21)11(23)14(26)17(32-6)30-2-5-8(20)10(22)12(24)15(27)31-5/h4-27H,1-3H2/t4-,5-,6-,7-,8-,9-,10-,11+,12-,13-,14-,15+,16+,17+/m1/s1. The van der Waals surface area contributed by atoms with E-state index in [0.29, 0.717) is 0 Å². The van der Waals surface area contributed by atoms with Crippen molar-refractivity contribution in [3.8, 4) is 0 Å². The van der Waals surface area contributed by atoms with Gasteiger partial charge in [-0.2, -0.15) is 0 Å². The van der Waals surface area contributed by atoms with Gasteiger partial charge in [0.1, 0.15) is 67.1 Å². The van der Waals surface area contributed by atoms with Gasteiger partial charge in [0.2, 0.25) is 0 Å². The number of aliphatic hydroxyl groups excluding tert-OH is 10. The van der Waals surface area contributed by atoms with Gasteiger partial charge in [-0.05, 0) is 0 Å². The molecular weight excluding hydrogens is 444 g/mol. The lowest BCUT2D eigenvalue weighted by Gasteiger charge is -2.42. The van der Waals surface area contributed by atoms with Crippen molar-refractivity contribution in [1.29, 1.82) is 0 Å². The third-order valence-corrected chi connectivity index (χ3v) is 5.66. The Hall–Kier alpha value is -0.600. The fourth-order valence-electron chi connectivity index (χ4n) is 3.57. The predicted octanol–water partition coefficient (Wildman–Crippen LogP) is -6.93. The van der Waals surface area contributed by atoms with E-state index in [1.165, 1.54) is 0 Å². The molecule has 3 heterocycles. The van der Waals surface area contributed by atoms with Crippen LogP contribution >= 0.6 is 0 Å². The number of ether oxygens (including phenoxy) is 5. The average molecular weight is 474 g/mol. The van der Waals surface area contributed by atoms with Crippen molar-refractivity contribution in [2.24, 2.45) is 0 Å². The molecule has 0 unspecified atom stereocenters. The number of aliphatic hydroxyl groups is 10. The lowest BCUT2D eigenvalue weighted by atomic mass is 9.98. The van der Waals surface area contributed by atoms with E-state index in [1.54, 1.807) is 0 Å². The van der Waals surface area contributed by atoms with Gasteiger partial charge in [0, 0.05) is 0 Å². The van der Waals surface area contributed by atoms with Crippen molar-refractivity contribution in [1.82, 2.24) is 0 Å². The van der Waals surface area contributed by atoms with E-state index in [1.807, 2.05) is 0 Å². The Morgan fingerprint density at radius 3 is 1.66 bits per heavy atom. The smallest absolute Gasteiger partial charge is 0.186 e. The number of hydrogen-bond donors (Lipinski definition) is 10. The van der Waals surface area contributed by atoms with Gasteiger partial charge in [0.05, 0.1) is 19.8 Å². The molecule has 0 aromatic heterocycles. The first-order valence-corrected chi connectivity index (χ1v) is 9.99. The van der Waals surface area contributed by atoms with Gasteiger partial charge in [-0.15, -0.1) is 0 Å². The topological polar surface area (TPSA) is 248 Å². The molecule has 3 fully saturated rings. The largest absolute Gasteiger partial charge is 0.388 e. The molecule has 0 radical (unpaired) electrons. The zero-order valence-corrected chi connectivity index (χ0v) is 16.7. The Kier molecular flexibility index (Phi) is 8.75. The van der Waals surface area contributed by atoms with Gasteiger partial charge >= 0.3 is 0 Å². The normalized spacial score (nSPS) is 52.7. The second-order valence-electron chi connectivity index (χ2n) is 7.97. The van der Waals surface area contributed by atoms with Crippen molar-refractivity contribution < 1.29 is 74.7 Å². The lowest BCUT2D eigenvalue weighted by molar-refractivity contribution is -0.335. The minimum atomic E-state index is -1.80. The zero-order chi connectivity index (χ0) is 23.7. The summed E-state index contributed by atoms with van der Waals surface area (Å²) in [6, 6.07) is 0. The van der Waals surface area contributed by atoms with E-state index < -0.39 is 99.2 Å². The molecular formula is C17H30O15. The van der Waals surface area contributed by atoms with Crippen molar-refractivity contribution in [3.05, 3.63) is 0 Å². The van der Waals surface area contributed by atoms with Crippen LogP contribution in [0.3, 0.4) is 0 Å². The predicted molar refractivity (Wildman–Crippen MR) is 95.2 cm³/mol. The fraction of sp³-hybridized carbons (Fsp3) is 1.00. The lowest BCUT2D eigenvalue weighted by Crippen LogP contribution is -2.62. The molecule has 32 heavy (non-hydrogen) atoms. The molecule has 3 aliphatic heterocycles. The highest BCUT2D eigenvalue weighted by atomic mass is 16.7. The van der Waals surface area contributed by atoms with Crippen molar-refractivity contribution >= 4 is 0 Å². The molecule has 0 bridgehead atoms. The summed E-state index contributed by atoms with van der Waals surface area (Å²) in [6.45, 7) is -1.35. The van der Waals surface area contributed by atoms with Gasteiger partial charge in [-0.3, -0.25) is 0 Å². The number of hydrogen-bond acceptors (Lipinski definition) is 15. The second kappa shape index (κ2) is 10.8. The zero-order valence-electron chi connectivity index (χ0n) is 16.7. The quantitative estimate of drug-likeness (QED) is 0.172. The SMILES string of the molecule is O[C@@H]1[C@@H](O)[C@@H](OC[C@H]2O[C@H](O)[C@H](O)[C@H](O)[C@@H]2O)O[C@H](CO[C@@H]2OC[C@@H](O)[C@@H](O)[C@H]2O)[C@H]1O. The van der Waals surface area contributed by atoms with Crippen LogP contribution in [0.15, 0.2) is 0 Å². The minimum absolute atomic E-state index is 0.319. The van der Waals surface area contributed by atoms with E-state index in [4.69, 9.17) is 23.7 Å². The van der Waals surface area contributed by atoms with Crippen LogP contribution in [0.4, 0.5) is 0 Å². The van der Waals surface area contributed by atoms with E-state index in [9.17, 15) is 51.1 Å². The molecule has 0 spiro atoms. The molecule has 3 saturated heterocycles. The Bertz CT molecular complexity index is 596. The molecule has 15 heteroatoms. The van der Waals surface area contributed by atoms with Gasteiger partial charge in [-0.1, -0.05) is 0 Å². The summed E-state index contributed by atoms with van der Waals surface area (Å²) in [4.78, 5) is 0. The van der Waals surface area contributed by atoms with Gasteiger partial charge < -0.3 is 74.7 Å². The molecule has 3 aliphatic rings. The molecule has 15 nitrogen and oxygen atoms in total. The van der Waals surface area contributed by atoms with Crippen LogP contribution < -0.4 is 0 Å². The van der Waals surface area contributed by atoms with Crippen LogP contribution in [0.25, 0.3) is 0 Å². The summed E-state index contributed by atoms with van der Waals surface area (Å²) >= 11 is 0. The third kappa shape index (κ3) is 5.38. The van der Waals surface area contributed by atoms with E-state index in [2.05, 4.69) is 0 Å². The fourth-order valence-corrected chi connectivity index (χ4v) is 3.57.